The van der Waals surface area contributed by atoms with Gasteiger partial charge in [0.1, 0.15) is 5.69 Å². The highest BCUT2D eigenvalue weighted by Crippen LogP contribution is 2.06. The largest absolute Gasteiger partial charge is 0.351 e. The molecule has 1 heterocycles. The fourth-order valence-electron chi connectivity index (χ4n) is 1.93. The molecule has 108 valence electrons. The van der Waals surface area contributed by atoms with Crippen molar-refractivity contribution in [3.63, 3.8) is 0 Å². The van der Waals surface area contributed by atoms with Gasteiger partial charge in [-0.3, -0.25) is 9.48 Å². The molecule has 0 unspecified atom stereocenters. The van der Waals surface area contributed by atoms with Crippen molar-refractivity contribution in [2.75, 3.05) is 11.9 Å². The maximum atomic E-state index is 12.1. The molecule has 1 N–H and O–H groups in total. The SMILES string of the molecule is CCc1cc(C(=O)NCCCCCCBr)n(CC)n1. The van der Waals surface area contributed by atoms with Gasteiger partial charge in [-0.25, -0.2) is 0 Å². The Labute approximate surface area is 124 Å². The number of halogens is 1. The third-order valence-electron chi connectivity index (χ3n) is 3.07. The number of aromatic nitrogens is 2. The minimum absolute atomic E-state index is 0.00505. The Morgan fingerprint density at radius 1 is 1.32 bits per heavy atom. The molecule has 1 aromatic rings. The van der Waals surface area contributed by atoms with Crippen LogP contribution in [0.25, 0.3) is 0 Å². The summed E-state index contributed by atoms with van der Waals surface area (Å²) < 4.78 is 1.78. The van der Waals surface area contributed by atoms with Crippen LogP contribution in [0.4, 0.5) is 0 Å². The molecule has 0 aromatic carbocycles. The van der Waals surface area contributed by atoms with Crippen LogP contribution < -0.4 is 5.32 Å². The van der Waals surface area contributed by atoms with Crippen LogP contribution in [-0.2, 0) is 13.0 Å². The zero-order chi connectivity index (χ0) is 14.1. The second kappa shape index (κ2) is 9.13. The highest BCUT2D eigenvalue weighted by atomic mass is 79.9. The summed E-state index contributed by atoms with van der Waals surface area (Å²) in [6, 6.07) is 1.89. The lowest BCUT2D eigenvalue weighted by Crippen LogP contribution is -2.27. The molecule has 0 saturated heterocycles. The zero-order valence-electron chi connectivity index (χ0n) is 11.9. The van der Waals surface area contributed by atoms with Crippen molar-refractivity contribution in [2.45, 2.75) is 52.5 Å². The van der Waals surface area contributed by atoms with Gasteiger partial charge >= 0.3 is 0 Å². The molecule has 0 aliphatic rings. The van der Waals surface area contributed by atoms with Crippen LogP contribution in [0.1, 0.15) is 55.7 Å². The van der Waals surface area contributed by atoms with Crippen molar-refractivity contribution < 1.29 is 4.79 Å². The van der Waals surface area contributed by atoms with E-state index in [0.29, 0.717) is 5.69 Å². The molecule has 1 aromatic heterocycles. The summed E-state index contributed by atoms with van der Waals surface area (Å²) in [6.45, 7) is 5.53. The molecule has 0 fully saturated rings. The van der Waals surface area contributed by atoms with Gasteiger partial charge in [0.15, 0.2) is 0 Å². The molecular formula is C14H24BrN3O. The summed E-state index contributed by atoms with van der Waals surface area (Å²) in [5.74, 6) is -0.00505. The first-order valence-corrected chi connectivity index (χ1v) is 8.25. The van der Waals surface area contributed by atoms with E-state index in [0.717, 1.165) is 37.0 Å². The van der Waals surface area contributed by atoms with Gasteiger partial charge in [0, 0.05) is 18.4 Å². The molecule has 19 heavy (non-hydrogen) atoms. The minimum Gasteiger partial charge on any atom is -0.351 e. The lowest BCUT2D eigenvalue weighted by molar-refractivity contribution is 0.0942. The third kappa shape index (κ3) is 5.35. The maximum Gasteiger partial charge on any atom is 0.269 e. The first-order chi connectivity index (χ1) is 9.22. The van der Waals surface area contributed by atoms with Gasteiger partial charge in [-0.1, -0.05) is 35.7 Å². The smallest absolute Gasteiger partial charge is 0.269 e. The quantitative estimate of drug-likeness (QED) is 0.558. The van der Waals surface area contributed by atoms with Crippen molar-refractivity contribution in [1.29, 1.82) is 0 Å². The summed E-state index contributed by atoms with van der Waals surface area (Å²) in [6.07, 6.45) is 5.49. The molecule has 5 heteroatoms. The van der Waals surface area contributed by atoms with Crippen LogP contribution in [-0.4, -0.2) is 27.6 Å². The Bertz CT molecular complexity index is 390. The Hall–Kier alpha value is -0.840. The Morgan fingerprint density at radius 3 is 2.68 bits per heavy atom. The van der Waals surface area contributed by atoms with E-state index in [4.69, 9.17) is 0 Å². The number of carbonyl (C=O) groups excluding carboxylic acids is 1. The van der Waals surface area contributed by atoms with Crippen molar-refractivity contribution in [3.05, 3.63) is 17.5 Å². The molecule has 0 spiro atoms. The number of alkyl halides is 1. The number of aryl methyl sites for hydroxylation is 2. The predicted molar refractivity (Wildman–Crippen MR) is 81.9 cm³/mol. The molecule has 0 aliphatic carbocycles. The van der Waals surface area contributed by atoms with Crippen molar-refractivity contribution in [3.8, 4) is 0 Å². The molecule has 1 rings (SSSR count). The highest BCUT2D eigenvalue weighted by Gasteiger charge is 2.12. The van der Waals surface area contributed by atoms with Gasteiger partial charge in [0.25, 0.3) is 5.91 Å². The van der Waals surface area contributed by atoms with Crippen molar-refractivity contribution in [1.82, 2.24) is 15.1 Å². The van der Waals surface area contributed by atoms with Gasteiger partial charge in [-0.2, -0.15) is 5.10 Å². The van der Waals surface area contributed by atoms with E-state index in [2.05, 4.69) is 26.3 Å². The Morgan fingerprint density at radius 2 is 2.05 bits per heavy atom. The lowest BCUT2D eigenvalue weighted by atomic mass is 10.2. The Kier molecular flexibility index (Phi) is 7.79. The van der Waals surface area contributed by atoms with Crippen LogP contribution in [0.5, 0.6) is 0 Å². The first kappa shape index (κ1) is 16.2. The Balaban J connectivity index is 2.38. The number of hydrogen-bond donors (Lipinski definition) is 1. The second-order valence-corrected chi connectivity index (χ2v) is 5.34. The van der Waals surface area contributed by atoms with E-state index < -0.39 is 0 Å². The highest BCUT2D eigenvalue weighted by molar-refractivity contribution is 9.09. The average molecular weight is 330 g/mol. The van der Waals surface area contributed by atoms with Crippen molar-refractivity contribution in [2.24, 2.45) is 0 Å². The normalized spacial score (nSPS) is 10.7. The molecule has 0 atom stereocenters. The third-order valence-corrected chi connectivity index (χ3v) is 3.63. The molecular weight excluding hydrogens is 306 g/mol. The number of nitrogens with one attached hydrogen (secondary N) is 1. The summed E-state index contributed by atoms with van der Waals surface area (Å²) in [5.41, 5.74) is 1.66. The van der Waals surface area contributed by atoms with Crippen LogP contribution in [0.3, 0.4) is 0 Å². The monoisotopic (exact) mass is 329 g/mol. The summed E-state index contributed by atoms with van der Waals surface area (Å²) in [5, 5.41) is 8.43. The van der Waals surface area contributed by atoms with Crippen LogP contribution in [0.2, 0.25) is 0 Å². The molecule has 0 aliphatic heterocycles. The van der Waals surface area contributed by atoms with E-state index in [1.165, 1.54) is 19.3 Å². The zero-order valence-corrected chi connectivity index (χ0v) is 13.5. The fourth-order valence-corrected chi connectivity index (χ4v) is 2.33. The van der Waals surface area contributed by atoms with E-state index in [1.54, 1.807) is 4.68 Å². The van der Waals surface area contributed by atoms with E-state index in [9.17, 15) is 4.79 Å². The van der Waals surface area contributed by atoms with E-state index in [-0.39, 0.29) is 5.91 Å². The number of amides is 1. The van der Waals surface area contributed by atoms with E-state index in [1.807, 2.05) is 19.9 Å². The van der Waals surface area contributed by atoms with Gasteiger partial charge in [0.05, 0.1) is 5.69 Å². The second-order valence-electron chi connectivity index (χ2n) is 4.55. The fraction of sp³-hybridized carbons (Fsp3) is 0.714. The molecule has 0 bridgehead atoms. The molecule has 4 nitrogen and oxygen atoms in total. The van der Waals surface area contributed by atoms with Crippen LogP contribution in [0, 0.1) is 0 Å². The number of carbonyl (C=O) groups is 1. The van der Waals surface area contributed by atoms with Crippen molar-refractivity contribution >= 4 is 21.8 Å². The lowest BCUT2D eigenvalue weighted by Gasteiger charge is -2.06. The molecule has 0 saturated carbocycles. The van der Waals surface area contributed by atoms with Gasteiger partial charge in [-0.15, -0.1) is 0 Å². The maximum absolute atomic E-state index is 12.1. The van der Waals surface area contributed by atoms with Gasteiger partial charge in [-0.05, 0) is 32.3 Å². The topological polar surface area (TPSA) is 46.9 Å². The molecule has 0 radical (unpaired) electrons. The summed E-state index contributed by atoms with van der Waals surface area (Å²) in [4.78, 5) is 12.1. The standard InChI is InChI=1S/C14H24BrN3O/c1-3-12-11-13(18(4-2)17-12)14(19)16-10-8-6-5-7-9-15/h11H,3-10H2,1-2H3,(H,16,19). The minimum atomic E-state index is -0.00505. The number of hydrogen-bond acceptors (Lipinski definition) is 2. The van der Waals surface area contributed by atoms with Gasteiger partial charge in [0.2, 0.25) is 0 Å². The summed E-state index contributed by atoms with van der Waals surface area (Å²) in [7, 11) is 0. The molecule has 1 amide bonds. The van der Waals surface area contributed by atoms with Crippen LogP contribution in [0.15, 0.2) is 6.07 Å². The van der Waals surface area contributed by atoms with Gasteiger partial charge < -0.3 is 5.32 Å². The number of unbranched alkanes of at least 4 members (excludes halogenated alkanes) is 3. The predicted octanol–water partition coefficient (Wildman–Crippen LogP) is 3.15. The average Bonchev–Trinajstić information content (AvgIpc) is 2.86. The summed E-state index contributed by atoms with van der Waals surface area (Å²) >= 11 is 3.42. The number of rotatable bonds is 9. The van der Waals surface area contributed by atoms with Crippen LogP contribution >= 0.6 is 15.9 Å². The van der Waals surface area contributed by atoms with E-state index >= 15 is 0 Å². The number of nitrogens with zero attached hydrogens (tertiary/aromatic N) is 2. The first-order valence-electron chi connectivity index (χ1n) is 7.13.